The minimum atomic E-state index is -0.684. The van der Waals surface area contributed by atoms with E-state index in [1.54, 1.807) is 37.3 Å². The Morgan fingerprint density at radius 3 is 2.58 bits per heavy atom. The van der Waals surface area contributed by atoms with Gasteiger partial charge in [0, 0.05) is 4.90 Å². The number of ketones is 1. The van der Waals surface area contributed by atoms with Gasteiger partial charge in [-0.3, -0.25) is 9.59 Å². The number of benzene rings is 2. The largest absolute Gasteiger partial charge is 0.452 e. The Bertz CT molecular complexity index is 838. The van der Waals surface area contributed by atoms with E-state index < -0.39 is 24.3 Å². The molecule has 2 rings (SSSR count). The first-order valence-corrected chi connectivity index (χ1v) is 8.80. The van der Waals surface area contributed by atoms with Crippen LogP contribution in [-0.2, 0) is 14.3 Å². The number of esters is 1. The van der Waals surface area contributed by atoms with Gasteiger partial charge in [-0.05, 0) is 43.7 Å². The number of ether oxygens (including phenoxy) is 1. The van der Waals surface area contributed by atoms with Crippen molar-refractivity contribution in [2.45, 2.75) is 18.7 Å². The highest BCUT2D eigenvalue weighted by Crippen LogP contribution is 2.23. The van der Waals surface area contributed by atoms with Crippen LogP contribution in [0.1, 0.15) is 22.8 Å². The van der Waals surface area contributed by atoms with Crippen LogP contribution in [0.15, 0.2) is 47.4 Å². The van der Waals surface area contributed by atoms with Crippen molar-refractivity contribution in [1.82, 2.24) is 0 Å². The number of carbonyl (C=O) groups is 3. The molecule has 0 atom stereocenters. The van der Waals surface area contributed by atoms with Crippen LogP contribution in [0, 0.1) is 12.7 Å². The smallest absolute Gasteiger partial charge is 0.339 e. The molecule has 0 fully saturated rings. The molecule has 5 nitrogen and oxygen atoms in total. The summed E-state index contributed by atoms with van der Waals surface area (Å²) in [6.45, 7) is 2.65. The summed E-state index contributed by atoms with van der Waals surface area (Å²) in [5.41, 5.74) is 1.02. The van der Waals surface area contributed by atoms with Gasteiger partial charge in [0.15, 0.2) is 6.61 Å². The molecule has 2 aromatic carbocycles. The molecular weight excluding hydrogens is 357 g/mol. The number of Topliss-reactive ketones (excluding diaryl/α,β-unsaturated/α-hetero) is 1. The Kier molecular flexibility index (Phi) is 6.91. The molecule has 0 saturated carbocycles. The first-order valence-electron chi connectivity index (χ1n) is 7.81. The van der Waals surface area contributed by atoms with Crippen LogP contribution in [0.25, 0.3) is 0 Å². The summed E-state index contributed by atoms with van der Waals surface area (Å²) in [6.07, 6.45) is 0. The molecule has 0 unspecified atom stereocenters. The van der Waals surface area contributed by atoms with Gasteiger partial charge in [0.25, 0.3) is 5.91 Å². The summed E-state index contributed by atoms with van der Waals surface area (Å²) in [4.78, 5) is 35.8. The lowest BCUT2D eigenvalue weighted by Gasteiger charge is -2.10. The summed E-state index contributed by atoms with van der Waals surface area (Å²) in [6, 6.07) is 11.1. The molecule has 0 aliphatic carbocycles. The number of rotatable bonds is 7. The van der Waals surface area contributed by atoms with Crippen molar-refractivity contribution in [2.24, 2.45) is 0 Å². The zero-order valence-electron chi connectivity index (χ0n) is 14.4. The first kappa shape index (κ1) is 19.7. The van der Waals surface area contributed by atoms with Gasteiger partial charge in [0.2, 0.25) is 0 Å². The quantitative estimate of drug-likeness (QED) is 0.591. The monoisotopic (exact) mass is 375 g/mol. The molecule has 1 N–H and O–H groups in total. The van der Waals surface area contributed by atoms with Gasteiger partial charge in [0.1, 0.15) is 11.6 Å². The first-order chi connectivity index (χ1) is 12.4. The van der Waals surface area contributed by atoms with Crippen LogP contribution in [0.2, 0.25) is 0 Å². The Morgan fingerprint density at radius 2 is 1.88 bits per heavy atom. The van der Waals surface area contributed by atoms with E-state index >= 15 is 0 Å². The Hall–Kier alpha value is -2.67. The Morgan fingerprint density at radius 1 is 1.15 bits per heavy atom. The summed E-state index contributed by atoms with van der Waals surface area (Å²) >= 11 is 1.22. The molecule has 0 saturated heterocycles. The van der Waals surface area contributed by atoms with E-state index in [1.807, 2.05) is 0 Å². The summed E-state index contributed by atoms with van der Waals surface area (Å²) in [5.74, 6) is -1.67. The molecule has 7 heteroatoms. The van der Waals surface area contributed by atoms with Gasteiger partial charge >= 0.3 is 5.97 Å². The maximum atomic E-state index is 13.7. The van der Waals surface area contributed by atoms with E-state index in [0.29, 0.717) is 4.90 Å². The van der Waals surface area contributed by atoms with Crippen molar-refractivity contribution in [2.75, 3.05) is 17.7 Å². The van der Waals surface area contributed by atoms with Crippen LogP contribution in [-0.4, -0.2) is 30.0 Å². The molecule has 2 aromatic rings. The fourth-order valence-corrected chi connectivity index (χ4v) is 2.90. The number of nitrogens with one attached hydrogen (secondary N) is 1. The Labute approximate surface area is 154 Å². The second kappa shape index (κ2) is 9.15. The molecule has 0 bridgehead atoms. The lowest BCUT2D eigenvalue weighted by Crippen LogP contribution is -2.21. The molecule has 0 heterocycles. The van der Waals surface area contributed by atoms with Crippen molar-refractivity contribution >= 4 is 35.1 Å². The van der Waals surface area contributed by atoms with E-state index in [9.17, 15) is 18.8 Å². The summed E-state index contributed by atoms with van der Waals surface area (Å²) < 4.78 is 18.7. The van der Waals surface area contributed by atoms with E-state index in [2.05, 4.69) is 5.32 Å². The second-order valence-corrected chi connectivity index (χ2v) is 6.61. The molecule has 26 heavy (non-hydrogen) atoms. The molecule has 0 aliphatic rings. The second-order valence-electron chi connectivity index (χ2n) is 5.59. The SMILES string of the molecule is CC(=O)CSc1ccccc1C(=O)OCC(=O)Nc1ccc(C)cc1F. The molecule has 136 valence electrons. The highest BCUT2D eigenvalue weighted by Gasteiger charge is 2.15. The molecule has 0 aliphatic heterocycles. The Balaban J connectivity index is 1.96. The number of amides is 1. The maximum absolute atomic E-state index is 13.7. The zero-order chi connectivity index (χ0) is 19.1. The third-order valence-electron chi connectivity index (χ3n) is 3.27. The van der Waals surface area contributed by atoms with Crippen molar-refractivity contribution in [3.05, 3.63) is 59.4 Å². The van der Waals surface area contributed by atoms with Crippen molar-refractivity contribution < 1.29 is 23.5 Å². The molecule has 0 radical (unpaired) electrons. The minimum Gasteiger partial charge on any atom is -0.452 e. The number of carbonyl (C=O) groups excluding carboxylic acids is 3. The van der Waals surface area contributed by atoms with E-state index in [0.717, 1.165) is 5.56 Å². The van der Waals surface area contributed by atoms with Gasteiger partial charge in [-0.2, -0.15) is 0 Å². The van der Waals surface area contributed by atoms with Crippen LogP contribution < -0.4 is 5.32 Å². The van der Waals surface area contributed by atoms with Gasteiger partial charge in [-0.25, -0.2) is 9.18 Å². The summed E-state index contributed by atoms with van der Waals surface area (Å²) in [5, 5.41) is 2.36. The summed E-state index contributed by atoms with van der Waals surface area (Å²) in [7, 11) is 0. The minimum absolute atomic E-state index is 0.0160. The highest BCUT2D eigenvalue weighted by molar-refractivity contribution is 8.00. The van der Waals surface area contributed by atoms with Gasteiger partial charge in [-0.1, -0.05) is 18.2 Å². The molecule has 0 aromatic heterocycles. The lowest BCUT2D eigenvalue weighted by molar-refractivity contribution is -0.119. The fraction of sp³-hybridized carbons (Fsp3) is 0.211. The number of aryl methyl sites for hydroxylation is 1. The normalized spacial score (nSPS) is 10.3. The van der Waals surface area contributed by atoms with Crippen molar-refractivity contribution in [1.29, 1.82) is 0 Å². The third-order valence-corrected chi connectivity index (χ3v) is 4.49. The van der Waals surface area contributed by atoms with Gasteiger partial charge in [-0.15, -0.1) is 11.8 Å². The van der Waals surface area contributed by atoms with Gasteiger partial charge < -0.3 is 10.1 Å². The molecular formula is C19H18FNO4S. The average molecular weight is 375 g/mol. The standard InChI is InChI=1S/C19H18FNO4S/c1-12-7-8-16(15(20)9-12)21-18(23)10-25-19(24)14-5-3-4-6-17(14)26-11-13(2)22/h3-9H,10-11H2,1-2H3,(H,21,23). The number of hydrogen-bond acceptors (Lipinski definition) is 5. The van der Waals surface area contributed by atoms with E-state index in [-0.39, 0.29) is 22.8 Å². The molecule has 0 spiro atoms. The lowest BCUT2D eigenvalue weighted by atomic mass is 10.2. The van der Waals surface area contributed by atoms with Gasteiger partial charge in [0.05, 0.1) is 17.0 Å². The number of anilines is 1. The predicted octanol–water partition coefficient (Wildman–Crippen LogP) is 3.61. The van der Waals surface area contributed by atoms with Crippen molar-refractivity contribution in [3.63, 3.8) is 0 Å². The highest BCUT2D eigenvalue weighted by atomic mass is 32.2. The van der Waals surface area contributed by atoms with Crippen LogP contribution >= 0.6 is 11.8 Å². The number of hydrogen-bond donors (Lipinski definition) is 1. The van der Waals surface area contributed by atoms with Crippen LogP contribution in [0.5, 0.6) is 0 Å². The molecule has 1 amide bonds. The van der Waals surface area contributed by atoms with Crippen molar-refractivity contribution in [3.8, 4) is 0 Å². The number of thioether (sulfide) groups is 1. The van der Waals surface area contributed by atoms with E-state index in [1.165, 1.54) is 30.8 Å². The fourth-order valence-electron chi connectivity index (χ4n) is 2.06. The topological polar surface area (TPSA) is 72.5 Å². The maximum Gasteiger partial charge on any atom is 0.339 e. The zero-order valence-corrected chi connectivity index (χ0v) is 15.2. The average Bonchev–Trinajstić information content (AvgIpc) is 2.60. The third kappa shape index (κ3) is 5.70. The van der Waals surface area contributed by atoms with E-state index in [4.69, 9.17) is 4.74 Å². The predicted molar refractivity (Wildman–Crippen MR) is 97.9 cm³/mol. The van der Waals surface area contributed by atoms with Crippen LogP contribution in [0.3, 0.4) is 0 Å². The number of halogens is 1. The van der Waals surface area contributed by atoms with Crippen LogP contribution in [0.4, 0.5) is 10.1 Å².